The van der Waals surface area contributed by atoms with Crippen molar-refractivity contribution < 1.29 is 0 Å². The summed E-state index contributed by atoms with van der Waals surface area (Å²) in [6, 6.07) is 10.8. The molecule has 1 rings (SSSR count). The summed E-state index contributed by atoms with van der Waals surface area (Å²) in [4.78, 5) is 2.93. The van der Waals surface area contributed by atoms with Crippen LogP contribution in [-0.4, -0.2) is 0 Å². The fraction of sp³-hybridized carbons (Fsp3) is 0.556. The molecule has 0 aliphatic rings. The highest BCUT2D eigenvalue weighted by Crippen LogP contribution is 2.30. The molecule has 0 heterocycles. The van der Waals surface area contributed by atoms with Crippen LogP contribution in [0.4, 0.5) is 0 Å². The number of hydrogen-bond donors (Lipinski definition) is 0. The first kappa shape index (κ1) is 16.4. The van der Waals surface area contributed by atoms with Gasteiger partial charge in [0.15, 0.2) is 0 Å². The molecule has 1 aromatic rings. The van der Waals surface area contributed by atoms with E-state index in [0.717, 1.165) is 5.92 Å². The predicted molar refractivity (Wildman–Crippen MR) is 88.6 cm³/mol. The van der Waals surface area contributed by atoms with Gasteiger partial charge in [-0.3, -0.25) is 0 Å². The largest absolute Gasteiger partial charge is 0.0949 e. The molecule has 0 aliphatic heterocycles. The minimum Gasteiger partial charge on any atom is -0.0949 e. The molecule has 106 valence electrons. The molecular formula is C18H28S. The first-order valence-corrected chi connectivity index (χ1v) is 8.46. The van der Waals surface area contributed by atoms with E-state index in [1.165, 1.54) is 43.4 Å². The molecule has 0 nitrogen and oxygen atoms in total. The minimum atomic E-state index is 0.801. The van der Waals surface area contributed by atoms with Crippen molar-refractivity contribution in [3.05, 3.63) is 41.3 Å². The molecule has 0 amide bonds. The van der Waals surface area contributed by atoms with E-state index in [2.05, 4.69) is 57.2 Å². The highest BCUT2D eigenvalue weighted by Gasteiger charge is 2.01. The van der Waals surface area contributed by atoms with Gasteiger partial charge in [-0.2, -0.15) is 0 Å². The van der Waals surface area contributed by atoms with Crippen molar-refractivity contribution >= 4 is 11.8 Å². The van der Waals surface area contributed by atoms with Gasteiger partial charge >= 0.3 is 0 Å². The van der Waals surface area contributed by atoms with Crippen molar-refractivity contribution in [3.8, 4) is 0 Å². The third-order valence-electron chi connectivity index (χ3n) is 3.13. The van der Waals surface area contributed by atoms with E-state index in [1.54, 1.807) is 4.91 Å². The number of hydrogen-bond acceptors (Lipinski definition) is 1. The first-order valence-electron chi connectivity index (χ1n) is 7.64. The van der Waals surface area contributed by atoms with Gasteiger partial charge < -0.3 is 0 Å². The van der Waals surface area contributed by atoms with Crippen LogP contribution < -0.4 is 0 Å². The van der Waals surface area contributed by atoms with Crippen LogP contribution in [0.25, 0.3) is 0 Å². The van der Waals surface area contributed by atoms with E-state index in [1.807, 2.05) is 11.8 Å². The average molecular weight is 276 g/mol. The molecule has 0 spiro atoms. The van der Waals surface area contributed by atoms with E-state index < -0.39 is 0 Å². The van der Waals surface area contributed by atoms with Gasteiger partial charge in [0.25, 0.3) is 0 Å². The third kappa shape index (κ3) is 8.15. The molecule has 0 atom stereocenters. The van der Waals surface area contributed by atoms with Crippen molar-refractivity contribution in [1.29, 1.82) is 0 Å². The summed E-state index contributed by atoms with van der Waals surface area (Å²) in [5, 5.41) is 0. The summed E-state index contributed by atoms with van der Waals surface area (Å²) in [5.74, 6) is 0.801. The van der Waals surface area contributed by atoms with Gasteiger partial charge in [-0.1, -0.05) is 69.6 Å². The van der Waals surface area contributed by atoms with Crippen LogP contribution in [-0.2, 0) is 0 Å². The minimum absolute atomic E-state index is 0.801. The number of allylic oxidation sites excluding steroid dienone is 2. The van der Waals surface area contributed by atoms with Crippen LogP contribution >= 0.6 is 11.8 Å². The van der Waals surface area contributed by atoms with E-state index in [-0.39, 0.29) is 0 Å². The van der Waals surface area contributed by atoms with Crippen molar-refractivity contribution in [1.82, 2.24) is 0 Å². The number of benzene rings is 1. The molecule has 0 saturated heterocycles. The topological polar surface area (TPSA) is 0 Å². The fourth-order valence-electron chi connectivity index (χ4n) is 1.96. The van der Waals surface area contributed by atoms with Gasteiger partial charge in [0.2, 0.25) is 0 Å². The molecule has 19 heavy (non-hydrogen) atoms. The predicted octanol–water partition coefficient (Wildman–Crippen LogP) is 6.68. The lowest BCUT2D eigenvalue weighted by atomic mass is 10.1. The molecule has 0 fully saturated rings. The van der Waals surface area contributed by atoms with Gasteiger partial charge in [-0.05, 0) is 48.6 Å². The Bertz CT molecular complexity index is 351. The number of thioether (sulfide) groups is 1. The Hall–Kier alpha value is -0.690. The SMILES string of the molecule is CCCCC/C(=C\CCC(C)C)Sc1ccccc1. The molecule has 0 aromatic heterocycles. The summed E-state index contributed by atoms with van der Waals surface area (Å²) in [5.41, 5.74) is 0. The third-order valence-corrected chi connectivity index (χ3v) is 4.28. The molecule has 0 N–H and O–H groups in total. The second-order valence-electron chi connectivity index (χ2n) is 5.51. The summed E-state index contributed by atoms with van der Waals surface area (Å²) in [7, 11) is 0. The maximum absolute atomic E-state index is 2.47. The highest BCUT2D eigenvalue weighted by molar-refractivity contribution is 8.03. The quantitative estimate of drug-likeness (QED) is 0.358. The monoisotopic (exact) mass is 276 g/mol. The van der Waals surface area contributed by atoms with Gasteiger partial charge in [0, 0.05) is 4.90 Å². The van der Waals surface area contributed by atoms with E-state index in [9.17, 15) is 0 Å². The summed E-state index contributed by atoms with van der Waals surface area (Å²) in [6.07, 6.45) is 10.2. The fourth-order valence-corrected chi connectivity index (χ4v) is 3.01. The Balaban J connectivity index is 2.52. The summed E-state index contributed by atoms with van der Waals surface area (Å²) in [6.45, 7) is 6.87. The van der Waals surface area contributed by atoms with Gasteiger partial charge in [-0.25, -0.2) is 0 Å². The molecule has 1 heteroatoms. The molecule has 0 bridgehead atoms. The van der Waals surface area contributed by atoms with Crippen LogP contribution in [0.1, 0.15) is 59.3 Å². The zero-order valence-corrected chi connectivity index (χ0v) is 13.5. The van der Waals surface area contributed by atoms with Crippen LogP contribution in [0, 0.1) is 5.92 Å². The van der Waals surface area contributed by atoms with Crippen molar-refractivity contribution in [3.63, 3.8) is 0 Å². The zero-order valence-electron chi connectivity index (χ0n) is 12.7. The van der Waals surface area contributed by atoms with E-state index in [0.29, 0.717) is 0 Å². The van der Waals surface area contributed by atoms with Crippen LogP contribution in [0.15, 0.2) is 46.2 Å². The first-order chi connectivity index (χ1) is 9.22. The number of rotatable bonds is 9. The zero-order chi connectivity index (χ0) is 13.9. The summed E-state index contributed by atoms with van der Waals surface area (Å²) >= 11 is 1.95. The highest BCUT2D eigenvalue weighted by atomic mass is 32.2. The van der Waals surface area contributed by atoms with Gasteiger partial charge in [-0.15, -0.1) is 0 Å². The molecule has 0 radical (unpaired) electrons. The molecular weight excluding hydrogens is 248 g/mol. The Morgan fingerprint density at radius 3 is 2.53 bits per heavy atom. The standard InChI is InChI=1S/C18H28S/c1-4-5-7-12-18(15-10-11-16(2)3)19-17-13-8-6-9-14-17/h6,8-9,13-16H,4-5,7,10-12H2,1-3H3/b18-15+. The van der Waals surface area contributed by atoms with Crippen LogP contribution in [0.3, 0.4) is 0 Å². The number of unbranched alkanes of at least 4 members (excludes halogenated alkanes) is 2. The normalized spacial score (nSPS) is 12.1. The van der Waals surface area contributed by atoms with Crippen molar-refractivity contribution in [2.24, 2.45) is 5.92 Å². The Morgan fingerprint density at radius 2 is 1.89 bits per heavy atom. The van der Waals surface area contributed by atoms with E-state index in [4.69, 9.17) is 0 Å². The Kier molecular flexibility index (Phi) is 8.73. The van der Waals surface area contributed by atoms with E-state index >= 15 is 0 Å². The smallest absolute Gasteiger partial charge is 0.0118 e. The molecule has 0 unspecified atom stereocenters. The lowest BCUT2D eigenvalue weighted by molar-refractivity contribution is 0.593. The van der Waals surface area contributed by atoms with Crippen molar-refractivity contribution in [2.45, 2.75) is 64.2 Å². The second-order valence-corrected chi connectivity index (χ2v) is 6.71. The van der Waals surface area contributed by atoms with Crippen LogP contribution in [0.2, 0.25) is 0 Å². The lowest BCUT2D eigenvalue weighted by Gasteiger charge is -2.08. The average Bonchev–Trinajstić information content (AvgIpc) is 2.39. The van der Waals surface area contributed by atoms with Crippen LogP contribution in [0.5, 0.6) is 0 Å². The maximum atomic E-state index is 2.47. The Morgan fingerprint density at radius 1 is 1.16 bits per heavy atom. The van der Waals surface area contributed by atoms with Gasteiger partial charge in [0.1, 0.15) is 0 Å². The van der Waals surface area contributed by atoms with Gasteiger partial charge in [0.05, 0.1) is 0 Å². The molecule has 0 saturated carbocycles. The van der Waals surface area contributed by atoms with Crippen molar-refractivity contribution in [2.75, 3.05) is 0 Å². The Labute approximate surface area is 123 Å². The maximum Gasteiger partial charge on any atom is 0.0118 e. The second kappa shape index (κ2) is 10.1. The molecule has 1 aromatic carbocycles. The molecule has 0 aliphatic carbocycles. The lowest BCUT2D eigenvalue weighted by Crippen LogP contribution is -1.86. The summed E-state index contributed by atoms with van der Waals surface area (Å²) < 4.78 is 0.